The lowest BCUT2D eigenvalue weighted by atomic mass is 9.95. The Morgan fingerprint density at radius 3 is 3.18 bits per heavy atom. The van der Waals surface area contributed by atoms with E-state index < -0.39 is 0 Å². The van der Waals surface area contributed by atoms with Gasteiger partial charge in [-0.3, -0.25) is 0 Å². The Morgan fingerprint density at radius 1 is 1.41 bits per heavy atom. The number of aromatic nitrogens is 1. The van der Waals surface area contributed by atoms with Crippen LogP contribution < -0.4 is 0 Å². The molecule has 3 heteroatoms. The maximum absolute atomic E-state index is 9.92. The molecule has 0 saturated heterocycles. The van der Waals surface area contributed by atoms with E-state index in [-0.39, 0.29) is 6.10 Å². The van der Waals surface area contributed by atoms with Crippen LogP contribution in [0.25, 0.3) is 0 Å². The van der Waals surface area contributed by atoms with Crippen molar-refractivity contribution in [3.05, 3.63) is 45.9 Å². The third kappa shape index (κ3) is 2.17. The molecule has 0 saturated carbocycles. The highest BCUT2D eigenvalue weighted by atomic mass is 32.1. The molecule has 2 nitrogen and oxygen atoms in total. The van der Waals surface area contributed by atoms with Crippen molar-refractivity contribution in [3.63, 3.8) is 0 Å². The number of hydrogen-bond acceptors (Lipinski definition) is 2. The molecule has 0 spiro atoms. The van der Waals surface area contributed by atoms with Gasteiger partial charge < -0.3 is 9.67 Å². The fraction of sp³-hybridized carbons (Fsp3) is 0.429. The number of fused-ring (bicyclic) bond motifs is 1. The van der Waals surface area contributed by atoms with Gasteiger partial charge in [0.05, 0.1) is 6.10 Å². The molecule has 1 N–H and O–H groups in total. The average Bonchev–Trinajstić information content (AvgIpc) is 2.95. The first-order valence-electron chi connectivity index (χ1n) is 6.21. The van der Waals surface area contributed by atoms with Gasteiger partial charge in [-0.15, -0.1) is 0 Å². The van der Waals surface area contributed by atoms with Crippen molar-refractivity contribution in [1.82, 2.24) is 4.57 Å². The first-order valence-corrected chi connectivity index (χ1v) is 7.16. The molecule has 0 amide bonds. The molecular weight excluding hydrogens is 230 g/mol. The Kier molecular flexibility index (Phi) is 3.04. The van der Waals surface area contributed by atoms with E-state index in [1.165, 1.54) is 11.3 Å². The summed E-state index contributed by atoms with van der Waals surface area (Å²) in [5, 5.41) is 14.3. The summed E-state index contributed by atoms with van der Waals surface area (Å²) in [6, 6.07) is 4.28. The quantitative estimate of drug-likeness (QED) is 0.885. The molecule has 0 radical (unpaired) electrons. The van der Waals surface area contributed by atoms with Gasteiger partial charge in [-0.2, -0.15) is 11.3 Å². The summed E-state index contributed by atoms with van der Waals surface area (Å²) in [7, 11) is 0. The maximum Gasteiger partial charge on any atom is 0.0807 e. The minimum absolute atomic E-state index is 0.235. The fourth-order valence-corrected chi connectivity index (χ4v) is 3.33. The molecule has 17 heavy (non-hydrogen) atoms. The average molecular weight is 247 g/mol. The third-order valence-corrected chi connectivity index (χ3v) is 4.32. The van der Waals surface area contributed by atoms with E-state index in [9.17, 15) is 5.11 Å². The molecule has 1 unspecified atom stereocenters. The summed E-state index contributed by atoms with van der Waals surface area (Å²) in [6.07, 6.45) is 6.12. The van der Waals surface area contributed by atoms with Gasteiger partial charge >= 0.3 is 0 Å². The summed E-state index contributed by atoms with van der Waals surface area (Å²) < 4.78 is 2.31. The molecule has 0 bridgehead atoms. The van der Waals surface area contributed by atoms with Crippen molar-refractivity contribution in [3.8, 4) is 0 Å². The lowest BCUT2D eigenvalue weighted by Gasteiger charge is -2.20. The van der Waals surface area contributed by atoms with E-state index in [2.05, 4.69) is 33.7 Å². The second-order valence-electron chi connectivity index (χ2n) is 4.70. The lowest BCUT2D eigenvalue weighted by Crippen LogP contribution is -2.12. The summed E-state index contributed by atoms with van der Waals surface area (Å²) >= 11 is 1.76. The van der Waals surface area contributed by atoms with Crippen LogP contribution in [0.2, 0.25) is 0 Å². The van der Waals surface area contributed by atoms with Gasteiger partial charge in [-0.25, -0.2) is 0 Å². The Hall–Kier alpha value is -1.06. The zero-order chi connectivity index (χ0) is 11.7. The molecule has 0 aromatic carbocycles. The molecule has 0 fully saturated rings. The van der Waals surface area contributed by atoms with Gasteiger partial charge in [0.1, 0.15) is 0 Å². The minimum Gasteiger partial charge on any atom is -0.388 e. The molecule has 90 valence electrons. The molecular formula is C14H17NOS. The van der Waals surface area contributed by atoms with Crippen molar-refractivity contribution in [2.45, 2.75) is 38.3 Å². The van der Waals surface area contributed by atoms with Crippen LogP contribution in [-0.2, 0) is 19.4 Å². The highest BCUT2D eigenvalue weighted by Gasteiger charge is 2.20. The summed E-state index contributed by atoms with van der Waals surface area (Å²) in [4.78, 5) is 0. The SMILES string of the molecule is OC1CCCc2c1ccn2CCc1ccsc1. The highest BCUT2D eigenvalue weighted by molar-refractivity contribution is 7.07. The van der Waals surface area contributed by atoms with Crippen LogP contribution in [-0.4, -0.2) is 9.67 Å². The molecule has 1 aliphatic carbocycles. The number of aliphatic hydroxyl groups excluding tert-OH is 1. The second kappa shape index (κ2) is 4.67. The highest BCUT2D eigenvalue weighted by Crippen LogP contribution is 2.30. The zero-order valence-electron chi connectivity index (χ0n) is 9.80. The number of rotatable bonds is 3. The number of nitrogens with zero attached hydrogens (tertiary/aromatic N) is 1. The van der Waals surface area contributed by atoms with E-state index in [0.29, 0.717) is 0 Å². The Morgan fingerprint density at radius 2 is 2.35 bits per heavy atom. The van der Waals surface area contributed by atoms with Gasteiger partial charge in [0.15, 0.2) is 0 Å². The molecule has 2 aromatic rings. The summed E-state index contributed by atoms with van der Waals surface area (Å²) in [5.41, 5.74) is 3.91. The summed E-state index contributed by atoms with van der Waals surface area (Å²) in [5.74, 6) is 0. The van der Waals surface area contributed by atoms with Gasteiger partial charge in [-0.1, -0.05) is 0 Å². The zero-order valence-corrected chi connectivity index (χ0v) is 10.6. The van der Waals surface area contributed by atoms with Crippen molar-refractivity contribution >= 4 is 11.3 Å². The van der Waals surface area contributed by atoms with Crippen molar-refractivity contribution in [1.29, 1.82) is 0 Å². The van der Waals surface area contributed by atoms with Gasteiger partial charge in [-0.05, 0) is 54.1 Å². The molecule has 3 rings (SSSR count). The topological polar surface area (TPSA) is 25.2 Å². The lowest BCUT2D eigenvalue weighted by molar-refractivity contribution is 0.155. The Labute approximate surface area is 106 Å². The Bertz CT molecular complexity index is 486. The monoisotopic (exact) mass is 247 g/mol. The van der Waals surface area contributed by atoms with Gasteiger partial charge in [0, 0.05) is 24.0 Å². The number of aliphatic hydroxyl groups is 1. The molecule has 2 aromatic heterocycles. The number of thiophene rings is 1. The van der Waals surface area contributed by atoms with Crippen molar-refractivity contribution < 1.29 is 5.11 Å². The first kappa shape index (κ1) is 11.1. The van der Waals surface area contributed by atoms with Crippen LogP contribution in [0, 0.1) is 0 Å². The molecule has 1 aliphatic rings. The van der Waals surface area contributed by atoms with E-state index >= 15 is 0 Å². The largest absolute Gasteiger partial charge is 0.388 e. The first-order chi connectivity index (χ1) is 8.34. The van der Waals surface area contributed by atoms with E-state index in [1.807, 2.05) is 0 Å². The second-order valence-corrected chi connectivity index (χ2v) is 5.48. The van der Waals surface area contributed by atoms with Crippen LogP contribution >= 0.6 is 11.3 Å². The van der Waals surface area contributed by atoms with Gasteiger partial charge in [0.2, 0.25) is 0 Å². The Balaban J connectivity index is 1.75. The molecule has 1 atom stereocenters. The number of aryl methyl sites for hydroxylation is 2. The normalized spacial score (nSPS) is 19.2. The van der Waals surface area contributed by atoms with E-state index in [4.69, 9.17) is 0 Å². The molecule has 0 aliphatic heterocycles. The van der Waals surface area contributed by atoms with Crippen LogP contribution in [0.4, 0.5) is 0 Å². The minimum atomic E-state index is -0.235. The predicted octanol–water partition coefficient (Wildman–Crippen LogP) is 3.16. The van der Waals surface area contributed by atoms with Crippen molar-refractivity contribution in [2.75, 3.05) is 0 Å². The van der Waals surface area contributed by atoms with Crippen LogP contribution in [0.15, 0.2) is 29.1 Å². The predicted molar refractivity (Wildman–Crippen MR) is 70.4 cm³/mol. The standard InChI is InChI=1S/C14H17NOS/c16-14-3-1-2-13-12(14)5-8-15(13)7-4-11-6-9-17-10-11/h5-6,8-10,14,16H,1-4,7H2. The van der Waals surface area contributed by atoms with E-state index in [1.54, 1.807) is 11.3 Å². The van der Waals surface area contributed by atoms with Crippen molar-refractivity contribution in [2.24, 2.45) is 0 Å². The number of hydrogen-bond donors (Lipinski definition) is 1. The summed E-state index contributed by atoms with van der Waals surface area (Å²) in [6.45, 7) is 1.03. The van der Waals surface area contributed by atoms with Crippen LogP contribution in [0.1, 0.15) is 35.8 Å². The molecule has 2 heterocycles. The van der Waals surface area contributed by atoms with Crippen LogP contribution in [0.3, 0.4) is 0 Å². The fourth-order valence-electron chi connectivity index (χ4n) is 2.63. The third-order valence-electron chi connectivity index (χ3n) is 3.59. The van der Waals surface area contributed by atoms with Gasteiger partial charge in [0.25, 0.3) is 0 Å². The van der Waals surface area contributed by atoms with E-state index in [0.717, 1.165) is 37.8 Å². The smallest absolute Gasteiger partial charge is 0.0807 e. The maximum atomic E-state index is 9.92. The van der Waals surface area contributed by atoms with Crippen LogP contribution in [0.5, 0.6) is 0 Å².